The number of carbonyl (C=O) groups excluding carboxylic acids is 2. The fourth-order valence-electron chi connectivity index (χ4n) is 4.71. The maximum absolute atomic E-state index is 13.8. The van der Waals surface area contributed by atoms with E-state index in [-0.39, 0.29) is 19.1 Å². The van der Waals surface area contributed by atoms with E-state index in [9.17, 15) is 19.7 Å². The molecule has 0 spiro atoms. The number of nitro groups is 1. The van der Waals surface area contributed by atoms with Crippen LogP contribution >= 0.6 is 0 Å². The molecule has 2 heterocycles. The van der Waals surface area contributed by atoms with E-state index in [0.717, 1.165) is 5.56 Å². The van der Waals surface area contributed by atoms with Crippen molar-refractivity contribution in [3.05, 3.63) is 81.9 Å². The molecule has 2 fully saturated rings. The Hall–Kier alpha value is -3.26. The fraction of sp³-hybridized carbons (Fsp3) is 0.364. The third kappa shape index (κ3) is 3.13. The first kappa shape index (κ1) is 20.0. The Morgan fingerprint density at radius 2 is 1.87 bits per heavy atom. The van der Waals surface area contributed by atoms with E-state index < -0.39 is 40.9 Å². The number of esters is 1. The molecule has 2 saturated heterocycles. The minimum atomic E-state index is -1.68. The summed E-state index contributed by atoms with van der Waals surface area (Å²) in [6.45, 7) is -0.299. The number of hydrogen-bond acceptors (Lipinski definition) is 6. The number of rotatable bonds is 6. The molecule has 0 saturated carbocycles. The number of hydrogen-bond donors (Lipinski definition) is 0. The minimum Gasteiger partial charge on any atom is -0.468 e. The molecule has 30 heavy (non-hydrogen) atoms. The van der Waals surface area contributed by atoms with Gasteiger partial charge in [0, 0.05) is 10.5 Å². The van der Waals surface area contributed by atoms with Crippen LogP contribution in [0.5, 0.6) is 0 Å². The number of fused-ring (bicyclic) bond motifs is 1. The highest BCUT2D eigenvalue weighted by Gasteiger charge is 2.66. The molecular weight excluding hydrogens is 388 g/mol. The first-order valence-electron chi connectivity index (χ1n) is 9.73. The molecule has 0 radical (unpaired) electrons. The number of amides is 1. The topological polar surface area (TPSA) is 99.0 Å². The molecule has 1 unspecified atom stereocenters. The Bertz CT molecular complexity index is 951. The van der Waals surface area contributed by atoms with E-state index >= 15 is 0 Å². The van der Waals surface area contributed by atoms with Gasteiger partial charge in [-0.15, -0.1) is 0 Å². The van der Waals surface area contributed by atoms with E-state index in [2.05, 4.69) is 0 Å². The van der Waals surface area contributed by atoms with Gasteiger partial charge in [-0.2, -0.15) is 0 Å². The van der Waals surface area contributed by atoms with Gasteiger partial charge in [0.25, 0.3) is 0 Å². The van der Waals surface area contributed by atoms with E-state index in [1.165, 1.54) is 7.11 Å². The van der Waals surface area contributed by atoms with Gasteiger partial charge in [0.05, 0.1) is 25.7 Å². The molecular formula is C22H22N2O6. The number of methoxy groups -OCH3 is 1. The molecule has 1 amide bonds. The van der Waals surface area contributed by atoms with Crippen molar-refractivity contribution in [2.45, 2.75) is 24.6 Å². The molecule has 0 N–H and O–H groups in total. The summed E-state index contributed by atoms with van der Waals surface area (Å²) in [5.74, 6) is -2.18. The molecule has 0 bridgehead atoms. The van der Waals surface area contributed by atoms with Crippen molar-refractivity contribution in [1.82, 2.24) is 4.90 Å². The van der Waals surface area contributed by atoms with Crippen molar-refractivity contribution in [3.8, 4) is 0 Å². The molecule has 8 heteroatoms. The standard InChI is InChI=1S/C22H22N2O6/c1-29-21(26)22(18(13-23(27)28)15-8-4-2-5-9-15)12-17-14-30-19(24(17)20(22)25)16-10-6-3-7-11-16/h2-11,17-19H,12-14H2,1H3/t17-,18?,19+,22+/m1/s1. The Balaban J connectivity index is 1.80. The van der Waals surface area contributed by atoms with Gasteiger partial charge in [-0.3, -0.25) is 19.7 Å². The summed E-state index contributed by atoms with van der Waals surface area (Å²) in [6.07, 6.45) is -0.530. The minimum absolute atomic E-state index is 0.106. The number of nitrogens with zero attached hydrogens (tertiary/aromatic N) is 2. The average Bonchev–Trinajstić information content (AvgIpc) is 3.31. The molecule has 4 atom stereocenters. The van der Waals surface area contributed by atoms with Crippen LogP contribution in [0.4, 0.5) is 0 Å². The third-order valence-corrected chi connectivity index (χ3v) is 6.03. The average molecular weight is 410 g/mol. The van der Waals surface area contributed by atoms with Crippen LogP contribution in [0, 0.1) is 15.5 Å². The van der Waals surface area contributed by atoms with Gasteiger partial charge < -0.3 is 14.4 Å². The lowest BCUT2D eigenvalue weighted by atomic mass is 9.69. The number of carbonyl (C=O) groups is 2. The van der Waals surface area contributed by atoms with E-state index in [1.54, 1.807) is 35.2 Å². The van der Waals surface area contributed by atoms with Crippen LogP contribution in [-0.4, -0.2) is 48.0 Å². The van der Waals surface area contributed by atoms with Crippen LogP contribution in [-0.2, 0) is 19.1 Å². The van der Waals surface area contributed by atoms with Crippen LogP contribution in [0.15, 0.2) is 60.7 Å². The zero-order valence-electron chi connectivity index (χ0n) is 16.5. The van der Waals surface area contributed by atoms with Crippen molar-refractivity contribution in [2.24, 2.45) is 5.41 Å². The number of ether oxygens (including phenoxy) is 2. The maximum atomic E-state index is 13.8. The van der Waals surface area contributed by atoms with Crippen molar-refractivity contribution >= 4 is 11.9 Å². The molecule has 4 rings (SSSR count). The van der Waals surface area contributed by atoms with Gasteiger partial charge >= 0.3 is 5.97 Å². The molecule has 8 nitrogen and oxygen atoms in total. The highest BCUT2D eigenvalue weighted by atomic mass is 16.6. The van der Waals surface area contributed by atoms with Crippen molar-refractivity contribution < 1.29 is 24.0 Å². The monoisotopic (exact) mass is 410 g/mol. The normalized spacial score (nSPS) is 26.3. The largest absolute Gasteiger partial charge is 0.468 e. The second-order valence-corrected chi connectivity index (χ2v) is 7.61. The molecule has 2 aromatic carbocycles. The summed E-state index contributed by atoms with van der Waals surface area (Å²) in [6, 6.07) is 17.6. The van der Waals surface area contributed by atoms with Gasteiger partial charge in [0.15, 0.2) is 11.6 Å². The van der Waals surface area contributed by atoms with Crippen molar-refractivity contribution in [2.75, 3.05) is 20.3 Å². The first-order valence-corrected chi connectivity index (χ1v) is 9.73. The highest BCUT2D eigenvalue weighted by molar-refractivity contribution is 6.06. The lowest BCUT2D eigenvalue weighted by Crippen LogP contribution is -2.48. The Morgan fingerprint density at radius 3 is 2.47 bits per heavy atom. The Labute approximate surface area is 173 Å². The molecule has 2 aliphatic heterocycles. The molecule has 2 aromatic rings. The van der Waals surface area contributed by atoms with Gasteiger partial charge in [-0.1, -0.05) is 60.7 Å². The fourth-order valence-corrected chi connectivity index (χ4v) is 4.71. The predicted octanol–water partition coefficient (Wildman–Crippen LogP) is 2.54. The second kappa shape index (κ2) is 7.87. The molecule has 2 aliphatic rings. The summed E-state index contributed by atoms with van der Waals surface area (Å²) in [4.78, 5) is 39.5. The van der Waals surface area contributed by atoms with Gasteiger partial charge in [-0.25, -0.2) is 0 Å². The van der Waals surface area contributed by atoms with Gasteiger partial charge in [0.2, 0.25) is 12.5 Å². The Morgan fingerprint density at radius 1 is 1.23 bits per heavy atom. The number of benzene rings is 2. The van der Waals surface area contributed by atoms with Gasteiger partial charge in [0.1, 0.15) is 0 Å². The summed E-state index contributed by atoms with van der Waals surface area (Å²) < 4.78 is 10.9. The molecule has 0 aliphatic carbocycles. The van der Waals surface area contributed by atoms with Crippen LogP contribution in [0.1, 0.15) is 29.7 Å². The van der Waals surface area contributed by atoms with Crippen molar-refractivity contribution in [3.63, 3.8) is 0 Å². The van der Waals surface area contributed by atoms with E-state index in [0.29, 0.717) is 5.56 Å². The second-order valence-electron chi connectivity index (χ2n) is 7.61. The van der Waals surface area contributed by atoms with Crippen LogP contribution in [0.3, 0.4) is 0 Å². The van der Waals surface area contributed by atoms with Crippen LogP contribution < -0.4 is 0 Å². The summed E-state index contributed by atoms with van der Waals surface area (Å²) in [7, 11) is 1.21. The van der Waals surface area contributed by atoms with E-state index in [1.807, 2.05) is 30.3 Å². The Kier molecular flexibility index (Phi) is 5.26. The lowest BCUT2D eigenvalue weighted by Gasteiger charge is -2.32. The third-order valence-electron chi connectivity index (χ3n) is 6.03. The summed E-state index contributed by atoms with van der Waals surface area (Å²) in [5, 5.41) is 11.5. The molecule has 156 valence electrons. The van der Waals surface area contributed by atoms with E-state index in [4.69, 9.17) is 9.47 Å². The summed E-state index contributed by atoms with van der Waals surface area (Å²) >= 11 is 0. The summed E-state index contributed by atoms with van der Waals surface area (Å²) in [5.41, 5.74) is -0.323. The predicted molar refractivity (Wildman–Crippen MR) is 106 cm³/mol. The van der Waals surface area contributed by atoms with Gasteiger partial charge in [-0.05, 0) is 12.0 Å². The maximum Gasteiger partial charge on any atom is 0.322 e. The zero-order valence-corrected chi connectivity index (χ0v) is 16.5. The van der Waals surface area contributed by atoms with Crippen LogP contribution in [0.2, 0.25) is 0 Å². The first-order chi connectivity index (χ1) is 14.5. The lowest BCUT2D eigenvalue weighted by molar-refractivity contribution is -0.485. The zero-order chi connectivity index (χ0) is 21.3. The smallest absolute Gasteiger partial charge is 0.322 e. The van der Waals surface area contributed by atoms with Crippen LogP contribution in [0.25, 0.3) is 0 Å². The molecule has 0 aromatic heterocycles. The quantitative estimate of drug-likeness (QED) is 0.314. The van der Waals surface area contributed by atoms with Crippen molar-refractivity contribution in [1.29, 1.82) is 0 Å². The SMILES string of the molecule is COC(=O)[C@]1(C(C[N+](=O)[O-])c2ccccc2)C[C@@H]2CO[C@@H](c3ccccc3)N2C1=O. The highest BCUT2D eigenvalue weighted by Crippen LogP contribution is 2.52.